The third kappa shape index (κ3) is 1.49. The lowest BCUT2D eigenvalue weighted by molar-refractivity contribution is 0.0937. The summed E-state index contributed by atoms with van der Waals surface area (Å²) in [6, 6.07) is 3.69. The van der Waals surface area contributed by atoms with Crippen LogP contribution < -0.4 is 10.1 Å². The zero-order valence-electron chi connectivity index (χ0n) is 10.1. The van der Waals surface area contributed by atoms with Gasteiger partial charge in [0.15, 0.2) is 0 Å². The Labute approximate surface area is 109 Å². The van der Waals surface area contributed by atoms with Crippen molar-refractivity contribution in [2.45, 2.75) is 12.8 Å². The fraction of sp³-hybridized carbons (Fsp3) is 0.308. The maximum Gasteiger partial charge on any atom is 0.268 e. The second-order valence-corrected chi connectivity index (χ2v) is 4.96. The minimum absolute atomic E-state index is 0.0608. The number of carbonyl (C=O) groups is 1. The van der Waals surface area contributed by atoms with Gasteiger partial charge in [-0.3, -0.25) is 4.79 Å². The summed E-state index contributed by atoms with van der Waals surface area (Å²) in [4.78, 5) is 15.0. The van der Waals surface area contributed by atoms with E-state index in [1.807, 2.05) is 6.07 Å². The van der Waals surface area contributed by atoms with Gasteiger partial charge < -0.3 is 15.0 Å². The molecule has 0 saturated carbocycles. The Kier molecular flexibility index (Phi) is 2.48. The van der Waals surface area contributed by atoms with Crippen molar-refractivity contribution in [3.8, 4) is 5.75 Å². The van der Waals surface area contributed by atoms with E-state index >= 15 is 0 Å². The summed E-state index contributed by atoms with van der Waals surface area (Å²) in [7, 11) is 1.59. The third-order valence-corrected chi connectivity index (χ3v) is 3.70. The molecule has 1 unspecified atom stereocenters. The van der Waals surface area contributed by atoms with Crippen LogP contribution in [0.1, 0.15) is 28.9 Å². The van der Waals surface area contributed by atoms with Crippen molar-refractivity contribution < 1.29 is 9.53 Å². The van der Waals surface area contributed by atoms with E-state index < -0.39 is 0 Å². The molecule has 1 aromatic carbocycles. The molecule has 1 atom stereocenters. The number of ether oxygens (including phenoxy) is 1. The van der Waals surface area contributed by atoms with Gasteiger partial charge in [0.05, 0.1) is 12.1 Å². The SMILES string of the molecule is COc1cc2c3c([nH]c2cc1Cl)C(=O)NCC3C. The fourth-order valence-corrected chi connectivity index (χ4v) is 2.74. The topological polar surface area (TPSA) is 54.1 Å². The van der Waals surface area contributed by atoms with Crippen LogP contribution in [-0.2, 0) is 0 Å². The number of amides is 1. The second kappa shape index (κ2) is 3.92. The average molecular weight is 265 g/mol. The number of halogens is 1. The van der Waals surface area contributed by atoms with E-state index in [1.54, 1.807) is 13.2 Å². The zero-order chi connectivity index (χ0) is 12.9. The zero-order valence-corrected chi connectivity index (χ0v) is 10.9. The van der Waals surface area contributed by atoms with Crippen LogP contribution in [0.2, 0.25) is 5.02 Å². The molecule has 2 aromatic rings. The Morgan fingerprint density at radius 1 is 1.44 bits per heavy atom. The molecule has 1 aliphatic rings. The highest BCUT2D eigenvalue weighted by Gasteiger charge is 2.27. The smallest absolute Gasteiger partial charge is 0.268 e. The number of methoxy groups -OCH3 is 1. The van der Waals surface area contributed by atoms with Gasteiger partial charge in [-0.05, 0) is 17.7 Å². The predicted molar refractivity (Wildman–Crippen MR) is 70.6 cm³/mol. The fourth-order valence-electron chi connectivity index (χ4n) is 2.50. The number of hydrogen-bond acceptors (Lipinski definition) is 2. The lowest BCUT2D eigenvalue weighted by Crippen LogP contribution is -2.33. The van der Waals surface area contributed by atoms with E-state index in [4.69, 9.17) is 16.3 Å². The first-order valence-electron chi connectivity index (χ1n) is 5.79. The van der Waals surface area contributed by atoms with Crippen LogP contribution in [0.25, 0.3) is 10.9 Å². The number of benzene rings is 1. The van der Waals surface area contributed by atoms with Crippen molar-refractivity contribution in [2.24, 2.45) is 0 Å². The summed E-state index contributed by atoms with van der Waals surface area (Å²) in [6.45, 7) is 2.75. The summed E-state index contributed by atoms with van der Waals surface area (Å²) in [5.41, 5.74) is 2.55. The van der Waals surface area contributed by atoms with Crippen LogP contribution in [0.15, 0.2) is 12.1 Å². The molecule has 1 amide bonds. The molecule has 0 saturated heterocycles. The number of nitrogens with one attached hydrogen (secondary N) is 2. The summed E-state index contributed by atoms with van der Waals surface area (Å²) in [5, 5.41) is 4.40. The highest BCUT2D eigenvalue weighted by atomic mass is 35.5. The first-order valence-corrected chi connectivity index (χ1v) is 6.17. The molecular formula is C13H13ClN2O2. The molecule has 18 heavy (non-hydrogen) atoms. The number of H-pyrrole nitrogens is 1. The van der Waals surface area contributed by atoms with Gasteiger partial charge in [0.2, 0.25) is 0 Å². The van der Waals surface area contributed by atoms with E-state index in [0.717, 1.165) is 16.5 Å². The Bertz CT molecular complexity index is 648. The van der Waals surface area contributed by atoms with Crippen molar-refractivity contribution in [1.82, 2.24) is 10.3 Å². The average Bonchev–Trinajstić information content (AvgIpc) is 2.72. The van der Waals surface area contributed by atoms with Crippen molar-refractivity contribution >= 4 is 28.4 Å². The number of aromatic nitrogens is 1. The van der Waals surface area contributed by atoms with Gasteiger partial charge in [0, 0.05) is 23.4 Å². The van der Waals surface area contributed by atoms with E-state index in [0.29, 0.717) is 23.0 Å². The molecule has 0 spiro atoms. The van der Waals surface area contributed by atoms with E-state index in [1.165, 1.54) is 0 Å². The number of rotatable bonds is 1. The van der Waals surface area contributed by atoms with Gasteiger partial charge in [0.1, 0.15) is 11.4 Å². The quantitative estimate of drug-likeness (QED) is 0.832. The Morgan fingerprint density at radius 2 is 2.22 bits per heavy atom. The predicted octanol–water partition coefficient (Wildman–Crippen LogP) is 2.68. The molecular weight excluding hydrogens is 252 g/mol. The number of hydrogen-bond donors (Lipinski definition) is 2. The maximum absolute atomic E-state index is 11.8. The molecule has 2 N–H and O–H groups in total. The summed E-state index contributed by atoms with van der Waals surface area (Å²) in [5.74, 6) is 0.843. The number of aromatic amines is 1. The molecule has 3 rings (SSSR count). The summed E-state index contributed by atoms with van der Waals surface area (Å²) >= 11 is 6.09. The molecule has 0 bridgehead atoms. The van der Waals surface area contributed by atoms with Crippen molar-refractivity contribution in [3.05, 3.63) is 28.4 Å². The number of carbonyl (C=O) groups excluding carboxylic acids is 1. The molecule has 5 heteroatoms. The largest absolute Gasteiger partial charge is 0.495 e. The first kappa shape index (κ1) is 11.4. The van der Waals surface area contributed by atoms with Crippen molar-refractivity contribution in [1.29, 1.82) is 0 Å². The Morgan fingerprint density at radius 3 is 2.94 bits per heavy atom. The van der Waals surface area contributed by atoms with E-state index in [9.17, 15) is 4.79 Å². The van der Waals surface area contributed by atoms with Gasteiger partial charge in [-0.2, -0.15) is 0 Å². The molecule has 1 aromatic heterocycles. The highest BCUT2D eigenvalue weighted by molar-refractivity contribution is 6.33. The summed E-state index contributed by atoms with van der Waals surface area (Å²) in [6.07, 6.45) is 0. The molecule has 1 aliphatic heterocycles. The van der Waals surface area contributed by atoms with Crippen molar-refractivity contribution in [2.75, 3.05) is 13.7 Å². The van der Waals surface area contributed by atoms with Crippen LogP contribution in [0.4, 0.5) is 0 Å². The normalized spacial score (nSPS) is 18.6. The minimum atomic E-state index is -0.0608. The molecule has 94 valence electrons. The van der Waals surface area contributed by atoms with Crippen LogP contribution in [-0.4, -0.2) is 24.5 Å². The minimum Gasteiger partial charge on any atom is -0.495 e. The monoisotopic (exact) mass is 264 g/mol. The standard InChI is InChI=1S/C13H13ClN2O2/c1-6-5-15-13(17)12-11(6)7-3-10(18-2)8(14)4-9(7)16-12/h3-4,6,16H,5H2,1-2H3,(H,15,17). The molecule has 0 fully saturated rings. The van der Waals surface area contributed by atoms with Gasteiger partial charge in [-0.25, -0.2) is 0 Å². The molecule has 0 radical (unpaired) electrons. The van der Waals surface area contributed by atoms with Crippen LogP contribution in [0.5, 0.6) is 5.75 Å². The first-order chi connectivity index (χ1) is 8.61. The van der Waals surface area contributed by atoms with E-state index in [-0.39, 0.29) is 11.8 Å². The highest BCUT2D eigenvalue weighted by Crippen LogP contribution is 2.36. The van der Waals surface area contributed by atoms with Gasteiger partial charge in [0.25, 0.3) is 5.91 Å². The van der Waals surface area contributed by atoms with Crippen molar-refractivity contribution in [3.63, 3.8) is 0 Å². The molecule has 4 nitrogen and oxygen atoms in total. The van der Waals surface area contributed by atoms with Gasteiger partial charge >= 0.3 is 0 Å². The lowest BCUT2D eigenvalue weighted by Gasteiger charge is -2.19. The molecule has 0 aliphatic carbocycles. The van der Waals surface area contributed by atoms with Crippen LogP contribution in [0.3, 0.4) is 0 Å². The molecule has 2 heterocycles. The lowest BCUT2D eigenvalue weighted by atomic mass is 9.94. The summed E-state index contributed by atoms with van der Waals surface area (Å²) < 4.78 is 5.23. The Balaban J connectivity index is 2.34. The van der Waals surface area contributed by atoms with Crippen LogP contribution >= 0.6 is 11.6 Å². The Hall–Kier alpha value is -1.68. The van der Waals surface area contributed by atoms with Gasteiger partial charge in [-0.1, -0.05) is 18.5 Å². The third-order valence-electron chi connectivity index (χ3n) is 3.40. The van der Waals surface area contributed by atoms with E-state index in [2.05, 4.69) is 17.2 Å². The van der Waals surface area contributed by atoms with Crippen LogP contribution in [0, 0.1) is 0 Å². The number of fused-ring (bicyclic) bond motifs is 3. The van der Waals surface area contributed by atoms with Gasteiger partial charge in [-0.15, -0.1) is 0 Å². The maximum atomic E-state index is 11.8. The second-order valence-electron chi connectivity index (χ2n) is 4.56.